The molecular formula is C18H36N2O3. The monoisotopic (exact) mass is 328 g/mol. The first kappa shape index (κ1) is 21.9. The summed E-state index contributed by atoms with van der Waals surface area (Å²) in [6.07, 6.45) is 6.69. The molecule has 1 amide bonds. The van der Waals surface area contributed by atoms with E-state index in [0.717, 1.165) is 38.5 Å². The maximum Gasteiger partial charge on any atom is 0.303 e. The molecule has 0 bridgehead atoms. The van der Waals surface area contributed by atoms with E-state index in [-0.39, 0.29) is 12.3 Å². The van der Waals surface area contributed by atoms with Crippen LogP contribution in [0.15, 0.2) is 0 Å². The summed E-state index contributed by atoms with van der Waals surface area (Å²) >= 11 is 0. The molecule has 0 spiro atoms. The number of nitrogens with zero attached hydrogens (tertiary/aromatic N) is 2. The third-order valence-corrected chi connectivity index (χ3v) is 3.96. The van der Waals surface area contributed by atoms with Crippen molar-refractivity contribution in [2.24, 2.45) is 0 Å². The molecule has 0 atom stereocenters. The number of hydrogen-bond donors (Lipinski definition) is 1. The Morgan fingerprint density at radius 3 is 1.65 bits per heavy atom. The van der Waals surface area contributed by atoms with E-state index in [9.17, 15) is 9.59 Å². The molecule has 5 nitrogen and oxygen atoms in total. The van der Waals surface area contributed by atoms with Crippen molar-refractivity contribution in [3.63, 3.8) is 0 Å². The van der Waals surface area contributed by atoms with Gasteiger partial charge in [0.05, 0.1) is 0 Å². The molecule has 0 saturated carbocycles. The first-order chi connectivity index (χ1) is 10.8. The molecule has 0 unspecified atom stereocenters. The summed E-state index contributed by atoms with van der Waals surface area (Å²) in [7, 11) is 0. The van der Waals surface area contributed by atoms with Crippen molar-refractivity contribution < 1.29 is 14.7 Å². The standard InChI is InChI=1S/C18H36N2O3/c1-6-19(20(15(2)3)16(4)5)17(21)13-11-9-7-8-10-12-14-18(22)23/h15-16H,6-14H2,1-5H3,(H,22,23). The summed E-state index contributed by atoms with van der Waals surface area (Å²) < 4.78 is 0. The van der Waals surface area contributed by atoms with Gasteiger partial charge in [0.1, 0.15) is 0 Å². The number of hydrogen-bond acceptors (Lipinski definition) is 3. The maximum atomic E-state index is 12.5. The van der Waals surface area contributed by atoms with Gasteiger partial charge in [0, 0.05) is 31.5 Å². The van der Waals surface area contributed by atoms with E-state index in [0.29, 0.717) is 25.0 Å². The number of carboxylic acids is 1. The molecule has 0 rings (SSSR count). The van der Waals surface area contributed by atoms with Crippen LogP contribution in [0.3, 0.4) is 0 Å². The Morgan fingerprint density at radius 2 is 1.26 bits per heavy atom. The number of carbonyl (C=O) groups excluding carboxylic acids is 1. The van der Waals surface area contributed by atoms with Crippen LogP contribution < -0.4 is 0 Å². The number of aliphatic carboxylic acids is 1. The number of hydrazine groups is 1. The fourth-order valence-electron chi connectivity index (χ4n) is 3.01. The van der Waals surface area contributed by atoms with Crippen LogP contribution in [0.1, 0.15) is 86.0 Å². The van der Waals surface area contributed by atoms with E-state index in [2.05, 4.69) is 32.7 Å². The minimum Gasteiger partial charge on any atom is -0.481 e. The van der Waals surface area contributed by atoms with Gasteiger partial charge in [-0.1, -0.05) is 25.7 Å². The number of carbonyl (C=O) groups is 2. The Labute approximate surface area is 142 Å². The number of amides is 1. The van der Waals surface area contributed by atoms with E-state index in [1.807, 2.05) is 11.9 Å². The third-order valence-electron chi connectivity index (χ3n) is 3.96. The van der Waals surface area contributed by atoms with Gasteiger partial charge in [0.2, 0.25) is 5.91 Å². The quantitative estimate of drug-likeness (QED) is 0.409. The highest BCUT2D eigenvalue weighted by Crippen LogP contribution is 2.14. The molecule has 23 heavy (non-hydrogen) atoms. The Bertz CT molecular complexity index is 335. The van der Waals surface area contributed by atoms with E-state index in [1.54, 1.807) is 0 Å². The average Bonchev–Trinajstić information content (AvgIpc) is 2.45. The first-order valence-corrected chi connectivity index (χ1v) is 9.11. The van der Waals surface area contributed by atoms with Gasteiger partial charge in [0.25, 0.3) is 0 Å². The van der Waals surface area contributed by atoms with Gasteiger partial charge in [0.15, 0.2) is 0 Å². The molecule has 0 aliphatic carbocycles. The molecule has 0 radical (unpaired) electrons. The second-order valence-corrected chi connectivity index (χ2v) is 6.69. The van der Waals surface area contributed by atoms with Crippen LogP contribution in [0.2, 0.25) is 0 Å². The number of unbranched alkanes of at least 4 members (excludes halogenated alkanes) is 5. The van der Waals surface area contributed by atoms with Crippen molar-refractivity contribution in [3.8, 4) is 0 Å². The minimum atomic E-state index is -0.713. The number of rotatable bonds is 13. The van der Waals surface area contributed by atoms with Gasteiger partial charge in [-0.25, -0.2) is 5.01 Å². The Morgan fingerprint density at radius 1 is 0.826 bits per heavy atom. The van der Waals surface area contributed by atoms with Crippen molar-refractivity contribution in [1.29, 1.82) is 0 Å². The Hall–Kier alpha value is -1.10. The predicted octanol–water partition coefficient (Wildman–Crippen LogP) is 4.07. The van der Waals surface area contributed by atoms with E-state index in [1.165, 1.54) is 0 Å². The molecule has 0 aromatic carbocycles. The van der Waals surface area contributed by atoms with Crippen LogP contribution in [0.5, 0.6) is 0 Å². The lowest BCUT2D eigenvalue weighted by molar-refractivity contribution is -0.156. The Balaban J connectivity index is 4.00. The smallest absolute Gasteiger partial charge is 0.303 e. The summed E-state index contributed by atoms with van der Waals surface area (Å²) in [4.78, 5) is 22.9. The highest BCUT2D eigenvalue weighted by atomic mass is 16.4. The lowest BCUT2D eigenvalue weighted by Crippen LogP contribution is -2.53. The van der Waals surface area contributed by atoms with Gasteiger partial charge < -0.3 is 5.11 Å². The third kappa shape index (κ3) is 9.59. The summed E-state index contributed by atoms with van der Waals surface area (Å²) in [6, 6.07) is 0.626. The molecule has 1 N–H and O–H groups in total. The molecule has 0 aliphatic heterocycles. The van der Waals surface area contributed by atoms with Crippen LogP contribution in [0.25, 0.3) is 0 Å². The highest BCUT2D eigenvalue weighted by Gasteiger charge is 2.24. The zero-order chi connectivity index (χ0) is 17.8. The van der Waals surface area contributed by atoms with Crippen LogP contribution >= 0.6 is 0 Å². The molecule has 0 aromatic heterocycles. The van der Waals surface area contributed by atoms with E-state index < -0.39 is 5.97 Å². The fraction of sp³-hybridized carbons (Fsp3) is 0.889. The van der Waals surface area contributed by atoms with Gasteiger partial charge in [-0.3, -0.25) is 14.6 Å². The van der Waals surface area contributed by atoms with Gasteiger partial charge in [-0.2, -0.15) is 0 Å². The Kier molecular flexibility index (Phi) is 11.7. The molecule has 0 fully saturated rings. The second kappa shape index (κ2) is 12.3. The normalized spacial score (nSPS) is 11.5. The summed E-state index contributed by atoms with van der Waals surface area (Å²) in [6.45, 7) is 11.2. The van der Waals surface area contributed by atoms with E-state index in [4.69, 9.17) is 5.11 Å². The van der Waals surface area contributed by atoms with Crippen molar-refractivity contribution in [3.05, 3.63) is 0 Å². The molecule has 0 aromatic rings. The van der Waals surface area contributed by atoms with Crippen LogP contribution in [0, 0.1) is 0 Å². The molecule has 0 saturated heterocycles. The van der Waals surface area contributed by atoms with Crippen molar-refractivity contribution in [2.75, 3.05) is 6.54 Å². The lowest BCUT2D eigenvalue weighted by Gasteiger charge is -2.40. The van der Waals surface area contributed by atoms with Crippen molar-refractivity contribution in [1.82, 2.24) is 10.0 Å². The highest BCUT2D eigenvalue weighted by molar-refractivity contribution is 5.75. The van der Waals surface area contributed by atoms with Gasteiger partial charge >= 0.3 is 5.97 Å². The van der Waals surface area contributed by atoms with Crippen molar-refractivity contribution >= 4 is 11.9 Å². The fourth-order valence-corrected chi connectivity index (χ4v) is 3.01. The predicted molar refractivity (Wildman–Crippen MR) is 94.1 cm³/mol. The minimum absolute atomic E-state index is 0.209. The molecule has 136 valence electrons. The summed E-state index contributed by atoms with van der Waals surface area (Å²) in [5, 5.41) is 12.6. The average molecular weight is 328 g/mol. The molecule has 0 heterocycles. The largest absolute Gasteiger partial charge is 0.481 e. The molecule has 0 aliphatic rings. The number of carboxylic acid groups (broad SMARTS) is 1. The van der Waals surface area contributed by atoms with Crippen molar-refractivity contribution in [2.45, 2.75) is 98.1 Å². The van der Waals surface area contributed by atoms with Crippen LogP contribution in [-0.2, 0) is 9.59 Å². The van der Waals surface area contributed by atoms with Crippen LogP contribution in [-0.4, -0.2) is 45.6 Å². The zero-order valence-corrected chi connectivity index (χ0v) is 15.7. The SMILES string of the molecule is CCN(C(=O)CCCCCCCCC(=O)O)N(C(C)C)C(C)C. The molecular weight excluding hydrogens is 292 g/mol. The van der Waals surface area contributed by atoms with E-state index >= 15 is 0 Å². The summed E-state index contributed by atoms with van der Waals surface area (Å²) in [5.41, 5.74) is 0. The maximum absolute atomic E-state index is 12.5. The second-order valence-electron chi connectivity index (χ2n) is 6.69. The van der Waals surface area contributed by atoms with Gasteiger partial charge in [-0.15, -0.1) is 0 Å². The first-order valence-electron chi connectivity index (χ1n) is 9.11. The van der Waals surface area contributed by atoms with Crippen LogP contribution in [0.4, 0.5) is 0 Å². The zero-order valence-electron chi connectivity index (χ0n) is 15.7. The molecule has 5 heteroatoms. The topological polar surface area (TPSA) is 60.9 Å². The lowest BCUT2D eigenvalue weighted by atomic mass is 10.1. The summed E-state index contributed by atoms with van der Waals surface area (Å²) in [5.74, 6) is -0.504. The van der Waals surface area contributed by atoms with Gasteiger partial charge in [-0.05, 0) is 47.5 Å².